The van der Waals surface area contributed by atoms with Crippen LogP contribution in [0.15, 0.2) is 60.5 Å². The smallest absolute Gasteiger partial charge is 0.433 e. The number of hydrogen-bond donors (Lipinski definition) is 3. The first-order valence-corrected chi connectivity index (χ1v) is 10.9. The van der Waals surface area contributed by atoms with Gasteiger partial charge in [-0.3, -0.25) is 14.4 Å². The van der Waals surface area contributed by atoms with Gasteiger partial charge in [0.05, 0.1) is 30.7 Å². The Kier molecular flexibility index (Phi) is 7.57. The Morgan fingerprint density at radius 2 is 1.92 bits per heavy atom. The lowest BCUT2D eigenvalue weighted by Crippen LogP contribution is -2.35. The summed E-state index contributed by atoms with van der Waals surface area (Å²) in [5.74, 6) is -0.499. The first-order chi connectivity index (χ1) is 17.7. The minimum absolute atomic E-state index is 0.0228. The van der Waals surface area contributed by atoms with E-state index in [-0.39, 0.29) is 30.2 Å². The number of alkyl halides is 3. The van der Waals surface area contributed by atoms with Crippen molar-refractivity contribution in [1.82, 2.24) is 16.1 Å². The number of anilines is 2. The number of ketones is 1. The van der Waals surface area contributed by atoms with Crippen LogP contribution in [-0.4, -0.2) is 36.9 Å². The largest absolute Gasteiger partial charge is 0.494 e. The molecule has 0 radical (unpaired) electrons. The van der Waals surface area contributed by atoms with Crippen LogP contribution >= 0.6 is 0 Å². The Hall–Kier alpha value is -4.20. The van der Waals surface area contributed by atoms with Gasteiger partial charge in [0.1, 0.15) is 29.8 Å². The number of ether oxygens (including phenoxy) is 1. The number of carbonyl (C=O) groups is 2. The zero-order valence-electron chi connectivity index (χ0n) is 19.7. The fourth-order valence-corrected chi connectivity index (χ4v) is 3.60. The normalized spacial score (nSPS) is 13.3. The van der Waals surface area contributed by atoms with Crippen molar-refractivity contribution < 1.29 is 37.2 Å². The molecule has 1 aliphatic rings. The molecule has 1 aliphatic heterocycles. The molecule has 0 spiro atoms. The summed E-state index contributed by atoms with van der Waals surface area (Å²) in [7, 11) is 1.34. The maximum absolute atomic E-state index is 13.2. The number of amides is 1. The summed E-state index contributed by atoms with van der Waals surface area (Å²) < 4.78 is 44.8. The molecule has 0 saturated carbocycles. The molecule has 13 heteroatoms. The Morgan fingerprint density at radius 1 is 1.14 bits per heavy atom. The summed E-state index contributed by atoms with van der Waals surface area (Å²) in [6.07, 6.45) is -3.25. The monoisotopic (exact) mass is 517 g/mol. The average Bonchev–Trinajstić information content (AvgIpc) is 3.33. The van der Waals surface area contributed by atoms with Crippen LogP contribution in [0.5, 0.6) is 5.75 Å². The third-order valence-corrected chi connectivity index (χ3v) is 5.31. The number of hydrogen-bond acceptors (Lipinski definition) is 9. The third-order valence-electron chi connectivity index (χ3n) is 5.31. The molecule has 37 heavy (non-hydrogen) atoms. The zero-order chi connectivity index (χ0) is 26.6. The molecule has 0 unspecified atom stereocenters. The van der Waals surface area contributed by atoms with Crippen LogP contribution in [0.1, 0.15) is 23.0 Å². The van der Waals surface area contributed by atoms with Gasteiger partial charge in [-0.25, -0.2) is 9.99 Å². The highest BCUT2D eigenvalue weighted by molar-refractivity contribution is 6.04. The highest BCUT2D eigenvalue weighted by Gasteiger charge is 2.33. The molecule has 0 bridgehead atoms. The molecule has 1 amide bonds. The second kappa shape index (κ2) is 10.8. The predicted molar refractivity (Wildman–Crippen MR) is 127 cm³/mol. The maximum Gasteiger partial charge on any atom is 0.433 e. The number of hydrazine groups is 1. The van der Waals surface area contributed by atoms with Gasteiger partial charge in [-0.1, -0.05) is 17.7 Å². The van der Waals surface area contributed by atoms with E-state index in [1.54, 1.807) is 30.3 Å². The summed E-state index contributed by atoms with van der Waals surface area (Å²) in [5.41, 5.74) is 5.94. The summed E-state index contributed by atoms with van der Waals surface area (Å²) >= 11 is 0. The number of fused-ring (bicyclic) bond motifs is 1. The van der Waals surface area contributed by atoms with Crippen LogP contribution in [0.4, 0.5) is 24.5 Å². The molecule has 2 aromatic carbocycles. The number of Topliss-reactive ketones (excluding diaryl/α,β-unsaturated/α-hetero) is 1. The first kappa shape index (κ1) is 25.9. The number of methoxy groups -OCH3 is 1. The van der Waals surface area contributed by atoms with Crippen LogP contribution in [0.3, 0.4) is 0 Å². The number of para-hydroxylation sites is 1. The fraction of sp³-hybridized carbons (Fsp3) is 0.208. The number of rotatable bonds is 9. The van der Waals surface area contributed by atoms with Crippen molar-refractivity contribution in [1.29, 1.82) is 0 Å². The number of nitrogens with zero attached hydrogens (tertiary/aromatic N) is 2. The SMILES string of the molecule is COc1ccc(N2NOC=C2CNOCC(=O)Nc2ccccc2C(C)=O)c2ccc(C(F)(F)F)nc12. The van der Waals surface area contributed by atoms with Gasteiger partial charge in [0.15, 0.2) is 5.78 Å². The lowest BCUT2D eigenvalue weighted by molar-refractivity contribution is -0.141. The molecule has 0 fully saturated rings. The van der Waals surface area contributed by atoms with E-state index in [0.29, 0.717) is 28.0 Å². The van der Waals surface area contributed by atoms with E-state index in [1.165, 1.54) is 37.4 Å². The molecule has 0 saturated heterocycles. The van der Waals surface area contributed by atoms with Gasteiger partial charge >= 0.3 is 6.18 Å². The third kappa shape index (κ3) is 5.80. The lowest BCUT2D eigenvalue weighted by atomic mass is 10.1. The molecule has 2 heterocycles. The Bertz CT molecular complexity index is 1360. The van der Waals surface area contributed by atoms with Crippen LogP contribution in [0, 0.1) is 0 Å². The van der Waals surface area contributed by atoms with E-state index >= 15 is 0 Å². The average molecular weight is 517 g/mol. The number of carbonyl (C=O) groups excluding carboxylic acids is 2. The van der Waals surface area contributed by atoms with E-state index in [1.807, 2.05) is 0 Å². The van der Waals surface area contributed by atoms with Gasteiger partial charge in [0.2, 0.25) is 0 Å². The van der Waals surface area contributed by atoms with Crippen LogP contribution in [0.2, 0.25) is 0 Å². The van der Waals surface area contributed by atoms with Crippen molar-refractivity contribution in [3.63, 3.8) is 0 Å². The number of hydroxylamine groups is 1. The first-order valence-electron chi connectivity index (χ1n) is 10.9. The van der Waals surface area contributed by atoms with Crippen LogP contribution in [-0.2, 0) is 20.6 Å². The van der Waals surface area contributed by atoms with Gasteiger partial charge in [0, 0.05) is 10.9 Å². The fourth-order valence-electron chi connectivity index (χ4n) is 3.60. The molecule has 194 valence electrons. The molecular formula is C24H22F3N5O5. The lowest BCUT2D eigenvalue weighted by Gasteiger charge is -2.22. The number of nitrogens with one attached hydrogen (secondary N) is 3. The second-order valence-corrected chi connectivity index (χ2v) is 7.79. The Labute approximate surface area is 208 Å². The van der Waals surface area contributed by atoms with Crippen molar-refractivity contribution in [2.24, 2.45) is 0 Å². The summed E-state index contributed by atoms with van der Waals surface area (Å²) in [5, 5.41) is 4.47. The molecule has 3 aromatic rings. The van der Waals surface area contributed by atoms with E-state index in [0.717, 1.165) is 6.07 Å². The van der Waals surface area contributed by atoms with Crippen molar-refractivity contribution in [3.05, 3.63) is 71.7 Å². The quantitative estimate of drug-likeness (QED) is 0.222. The van der Waals surface area contributed by atoms with Gasteiger partial charge in [-0.05, 0) is 43.3 Å². The molecule has 10 nitrogen and oxygen atoms in total. The molecule has 1 aromatic heterocycles. The van der Waals surface area contributed by atoms with Crippen molar-refractivity contribution in [2.45, 2.75) is 13.1 Å². The predicted octanol–water partition coefficient (Wildman–Crippen LogP) is 3.72. The van der Waals surface area contributed by atoms with Crippen molar-refractivity contribution in [2.75, 3.05) is 30.6 Å². The zero-order valence-corrected chi connectivity index (χ0v) is 19.7. The number of halogens is 3. The maximum atomic E-state index is 13.2. The minimum atomic E-state index is -4.61. The van der Waals surface area contributed by atoms with Crippen LogP contribution < -0.4 is 26.1 Å². The molecule has 3 N–H and O–H groups in total. The van der Waals surface area contributed by atoms with E-state index in [4.69, 9.17) is 14.4 Å². The van der Waals surface area contributed by atoms with E-state index in [2.05, 4.69) is 21.4 Å². The molecule has 0 atom stereocenters. The van der Waals surface area contributed by atoms with Gasteiger partial charge in [-0.15, -0.1) is 0 Å². The Balaban J connectivity index is 1.41. The summed E-state index contributed by atoms with van der Waals surface area (Å²) in [4.78, 5) is 38.1. The van der Waals surface area contributed by atoms with Gasteiger partial charge < -0.3 is 14.9 Å². The van der Waals surface area contributed by atoms with Crippen LogP contribution in [0.25, 0.3) is 10.9 Å². The number of aromatic nitrogens is 1. The molecule has 0 aliphatic carbocycles. The van der Waals surface area contributed by atoms with Crippen molar-refractivity contribution >= 4 is 34.0 Å². The standard InChI is InChI=1S/C24H22F3N5O5/c1-14(33)16-5-3-4-6-18(16)29-22(34)13-36-28-11-15-12-37-31-32(15)19-8-9-20(35-2)23-17(19)7-10-21(30-23)24(25,26)27/h3-10,12,28,31H,11,13H2,1-2H3,(H,29,34). The van der Waals surface area contributed by atoms with Crippen molar-refractivity contribution in [3.8, 4) is 5.75 Å². The number of pyridine rings is 1. The summed E-state index contributed by atoms with van der Waals surface area (Å²) in [6, 6.07) is 11.9. The highest BCUT2D eigenvalue weighted by atomic mass is 19.4. The van der Waals surface area contributed by atoms with E-state index in [9.17, 15) is 22.8 Å². The van der Waals surface area contributed by atoms with Gasteiger partial charge in [-0.2, -0.15) is 18.7 Å². The summed E-state index contributed by atoms with van der Waals surface area (Å²) in [6.45, 7) is 1.10. The topological polar surface area (TPSA) is 114 Å². The second-order valence-electron chi connectivity index (χ2n) is 7.79. The van der Waals surface area contributed by atoms with Gasteiger partial charge in [0.25, 0.3) is 5.91 Å². The highest BCUT2D eigenvalue weighted by Crippen LogP contribution is 2.37. The number of benzene rings is 2. The molecular weight excluding hydrogens is 495 g/mol. The minimum Gasteiger partial charge on any atom is -0.494 e. The van der Waals surface area contributed by atoms with E-state index < -0.39 is 17.8 Å². The Morgan fingerprint density at radius 3 is 2.65 bits per heavy atom. The molecule has 4 rings (SSSR count).